The predicted octanol–water partition coefficient (Wildman–Crippen LogP) is 1.96. The molecule has 1 atom stereocenters. The fraction of sp³-hybridized carbons (Fsp3) is 0.250. The second-order valence-corrected chi connectivity index (χ2v) is 2.62. The van der Waals surface area contributed by atoms with Crippen LogP contribution in [-0.4, -0.2) is 9.67 Å². The molecule has 1 aromatic heterocycles. The molecule has 0 aliphatic carbocycles. The van der Waals surface area contributed by atoms with Crippen LogP contribution in [0.15, 0.2) is 24.4 Å². The van der Waals surface area contributed by atoms with Crippen molar-refractivity contribution in [2.24, 2.45) is 0 Å². The lowest BCUT2D eigenvalue weighted by molar-refractivity contribution is 0.475. The topological polar surface area (TPSA) is 25.2 Å². The van der Waals surface area contributed by atoms with Crippen LogP contribution in [0.4, 0.5) is 0 Å². The molecule has 0 radical (unpaired) electrons. The summed E-state index contributed by atoms with van der Waals surface area (Å²) in [6.07, 6.45) is 3.71. The van der Waals surface area contributed by atoms with Gasteiger partial charge in [-0.2, -0.15) is 0 Å². The monoisotopic (exact) mass is 135 g/mol. The van der Waals surface area contributed by atoms with E-state index in [1.165, 1.54) is 0 Å². The van der Waals surface area contributed by atoms with E-state index in [0.717, 1.165) is 5.69 Å². The molecule has 1 N–H and O–H groups in total. The molecule has 2 heteroatoms. The van der Waals surface area contributed by atoms with Crippen LogP contribution in [-0.2, 0) is 0 Å². The van der Waals surface area contributed by atoms with Gasteiger partial charge in [-0.15, -0.1) is 0 Å². The first-order valence-corrected chi connectivity index (χ1v) is 3.37. The molecular weight excluding hydrogens is 126 g/mol. The van der Waals surface area contributed by atoms with Crippen LogP contribution < -0.4 is 0 Å². The van der Waals surface area contributed by atoms with Crippen molar-refractivity contribution in [1.82, 2.24) is 4.57 Å². The highest BCUT2D eigenvalue weighted by Gasteiger charge is 2.17. The van der Waals surface area contributed by atoms with Crippen molar-refractivity contribution in [1.29, 1.82) is 0 Å². The summed E-state index contributed by atoms with van der Waals surface area (Å²) >= 11 is 0. The summed E-state index contributed by atoms with van der Waals surface area (Å²) < 4.78 is 1.80. The van der Waals surface area contributed by atoms with Gasteiger partial charge < -0.3 is 5.11 Å². The smallest absolute Gasteiger partial charge is 0.191 e. The zero-order valence-electron chi connectivity index (χ0n) is 5.78. The third-order valence-electron chi connectivity index (χ3n) is 1.89. The maximum atomic E-state index is 9.26. The van der Waals surface area contributed by atoms with E-state index in [4.69, 9.17) is 0 Å². The Morgan fingerprint density at radius 1 is 1.60 bits per heavy atom. The molecular formula is C8H9NO. The quantitative estimate of drug-likeness (QED) is 0.578. The van der Waals surface area contributed by atoms with Crippen LogP contribution in [0.1, 0.15) is 18.5 Å². The van der Waals surface area contributed by atoms with Crippen LogP contribution >= 0.6 is 0 Å². The summed E-state index contributed by atoms with van der Waals surface area (Å²) in [4.78, 5) is 0. The maximum absolute atomic E-state index is 9.26. The zero-order valence-corrected chi connectivity index (χ0v) is 5.78. The van der Waals surface area contributed by atoms with Gasteiger partial charge in [0.05, 0.1) is 0 Å². The van der Waals surface area contributed by atoms with E-state index in [1.54, 1.807) is 4.57 Å². The molecule has 2 nitrogen and oxygen atoms in total. The molecule has 0 unspecified atom stereocenters. The Bertz CT molecular complexity index is 285. The Labute approximate surface area is 59.4 Å². The predicted molar refractivity (Wildman–Crippen MR) is 39.7 cm³/mol. The van der Waals surface area contributed by atoms with Crippen LogP contribution in [0, 0.1) is 0 Å². The van der Waals surface area contributed by atoms with Gasteiger partial charge in [0.25, 0.3) is 0 Å². The van der Waals surface area contributed by atoms with Crippen molar-refractivity contribution >= 4 is 5.88 Å². The van der Waals surface area contributed by atoms with Gasteiger partial charge in [0, 0.05) is 17.8 Å². The summed E-state index contributed by atoms with van der Waals surface area (Å²) in [5.74, 6) is 0.711. The standard InChI is InChI=1S/C8H9NO/c1-6-5-8(10)9-4-2-3-7(6)9/h2-6,10H,1H3/t6-/m1/s1. The number of hydrogen-bond acceptors (Lipinski definition) is 1. The summed E-state index contributed by atoms with van der Waals surface area (Å²) in [5.41, 5.74) is 1.16. The van der Waals surface area contributed by atoms with Crippen molar-refractivity contribution in [2.75, 3.05) is 0 Å². The van der Waals surface area contributed by atoms with Gasteiger partial charge in [0.2, 0.25) is 0 Å². The van der Waals surface area contributed by atoms with Gasteiger partial charge in [-0.05, 0) is 18.2 Å². The Kier molecular flexibility index (Phi) is 0.926. The molecule has 0 spiro atoms. The van der Waals surface area contributed by atoms with E-state index >= 15 is 0 Å². The van der Waals surface area contributed by atoms with Crippen molar-refractivity contribution in [3.63, 3.8) is 0 Å². The zero-order chi connectivity index (χ0) is 7.14. The van der Waals surface area contributed by atoms with E-state index in [1.807, 2.05) is 24.4 Å². The average molecular weight is 135 g/mol. The van der Waals surface area contributed by atoms with Gasteiger partial charge in [-0.1, -0.05) is 6.92 Å². The fourth-order valence-corrected chi connectivity index (χ4v) is 1.36. The molecule has 0 bridgehead atoms. The lowest BCUT2D eigenvalue weighted by atomic mass is 10.1. The number of fused-ring (bicyclic) bond motifs is 1. The normalized spacial score (nSPS) is 22.5. The molecule has 1 aliphatic heterocycles. The number of rotatable bonds is 0. The largest absolute Gasteiger partial charge is 0.494 e. The summed E-state index contributed by atoms with van der Waals surface area (Å²) in [6.45, 7) is 2.06. The molecule has 0 fully saturated rings. The molecule has 10 heavy (non-hydrogen) atoms. The number of hydrogen-bond donors (Lipinski definition) is 1. The molecule has 2 rings (SSSR count). The van der Waals surface area contributed by atoms with Crippen LogP contribution in [0.2, 0.25) is 0 Å². The van der Waals surface area contributed by atoms with Crippen LogP contribution in [0.5, 0.6) is 0 Å². The van der Waals surface area contributed by atoms with E-state index in [0.29, 0.717) is 11.8 Å². The first-order valence-electron chi connectivity index (χ1n) is 3.37. The van der Waals surface area contributed by atoms with Crippen molar-refractivity contribution in [2.45, 2.75) is 12.8 Å². The van der Waals surface area contributed by atoms with E-state index in [-0.39, 0.29) is 0 Å². The van der Waals surface area contributed by atoms with E-state index in [2.05, 4.69) is 6.92 Å². The van der Waals surface area contributed by atoms with Gasteiger partial charge >= 0.3 is 0 Å². The summed E-state index contributed by atoms with van der Waals surface area (Å²) in [5, 5.41) is 9.26. The number of nitrogens with zero attached hydrogens (tertiary/aromatic N) is 1. The minimum Gasteiger partial charge on any atom is -0.494 e. The lowest BCUT2D eigenvalue weighted by Crippen LogP contribution is -1.91. The number of aliphatic hydroxyl groups is 1. The number of aromatic nitrogens is 1. The Morgan fingerprint density at radius 2 is 2.40 bits per heavy atom. The number of aliphatic hydroxyl groups excluding tert-OH is 1. The second-order valence-electron chi connectivity index (χ2n) is 2.62. The highest BCUT2D eigenvalue weighted by atomic mass is 16.3. The minimum absolute atomic E-state index is 0.354. The third kappa shape index (κ3) is 0.533. The molecule has 2 heterocycles. The van der Waals surface area contributed by atoms with Crippen molar-refractivity contribution in [3.8, 4) is 0 Å². The van der Waals surface area contributed by atoms with Gasteiger partial charge in [-0.25, -0.2) is 0 Å². The molecule has 0 aromatic carbocycles. The second kappa shape index (κ2) is 1.66. The van der Waals surface area contributed by atoms with Gasteiger partial charge in [-0.3, -0.25) is 4.57 Å². The molecule has 0 amide bonds. The third-order valence-corrected chi connectivity index (χ3v) is 1.89. The summed E-state index contributed by atoms with van der Waals surface area (Å²) in [7, 11) is 0. The Hall–Kier alpha value is -1.18. The average Bonchev–Trinajstić information content (AvgIpc) is 2.39. The highest BCUT2D eigenvalue weighted by Crippen LogP contribution is 2.27. The molecule has 0 saturated carbocycles. The SMILES string of the molecule is C[C@@H]1C=C(O)n2cccc21. The van der Waals surface area contributed by atoms with Crippen molar-refractivity contribution < 1.29 is 5.11 Å². The number of allylic oxidation sites excluding steroid dienone is 1. The van der Waals surface area contributed by atoms with Crippen LogP contribution in [0.3, 0.4) is 0 Å². The maximum Gasteiger partial charge on any atom is 0.191 e. The highest BCUT2D eigenvalue weighted by molar-refractivity contribution is 5.47. The van der Waals surface area contributed by atoms with E-state index in [9.17, 15) is 5.11 Å². The summed E-state index contributed by atoms with van der Waals surface area (Å²) in [6, 6.07) is 3.96. The Balaban J connectivity index is 2.61. The fourth-order valence-electron chi connectivity index (χ4n) is 1.36. The first-order chi connectivity index (χ1) is 4.79. The minimum atomic E-state index is 0.354. The van der Waals surface area contributed by atoms with Gasteiger partial charge in [0.15, 0.2) is 5.88 Å². The van der Waals surface area contributed by atoms with Crippen molar-refractivity contribution in [3.05, 3.63) is 30.1 Å². The molecule has 1 aliphatic rings. The first kappa shape index (κ1) is 5.59. The molecule has 52 valence electrons. The Morgan fingerprint density at radius 3 is 3.10 bits per heavy atom. The van der Waals surface area contributed by atoms with Crippen LogP contribution in [0.25, 0.3) is 5.88 Å². The lowest BCUT2D eigenvalue weighted by Gasteiger charge is -1.98. The molecule has 1 aromatic rings. The van der Waals surface area contributed by atoms with Gasteiger partial charge in [0.1, 0.15) is 0 Å². The molecule has 0 saturated heterocycles. The van der Waals surface area contributed by atoms with E-state index < -0.39 is 0 Å².